The van der Waals surface area contributed by atoms with Gasteiger partial charge in [-0.15, -0.1) is 0 Å². The monoisotopic (exact) mass is 206 g/mol. The molecule has 0 N–H and O–H groups in total. The maximum absolute atomic E-state index is 2.53. The predicted molar refractivity (Wildman–Crippen MR) is 69.0 cm³/mol. The van der Waals surface area contributed by atoms with Crippen molar-refractivity contribution >= 4 is 0 Å². The molecule has 0 saturated carbocycles. The Balaban J connectivity index is 2.63. The van der Waals surface area contributed by atoms with E-state index in [1.54, 1.807) is 11.1 Å². The van der Waals surface area contributed by atoms with Crippen molar-refractivity contribution in [2.75, 3.05) is 0 Å². The first-order valence-electron chi connectivity index (χ1n) is 6.70. The lowest BCUT2D eigenvalue weighted by Gasteiger charge is -2.21. The molecule has 1 aliphatic carbocycles. The van der Waals surface area contributed by atoms with Gasteiger partial charge in [0.2, 0.25) is 0 Å². The molecule has 0 saturated heterocycles. The summed E-state index contributed by atoms with van der Waals surface area (Å²) in [6.07, 6.45) is 14.2. The third-order valence-corrected chi connectivity index (χ3v) is 3.13. The predicted octanol–water partition coefficient (Wildman–Crippen LogP) is 5.26. The zero-order valence-corrected chi connectivity index (χ0v) is 10.7. The van der Waals surface area contributed by atoms with Crippen LogP contribution >= 0.6 is 0 Å². The quantitative estimate of drug-likeness (QED) is 0.556. The van der Waals surface area contributed by atoms with Gasteiger partial charge in [0.05, 0.1) is 0 Å². The highest BCUT2D eigenvalue weighted by Gasteiger charge is 2.13. The molecule has 0 spiro atoms. The van der Waals surface area contributed by atoms with Crippen LogP contribution in [0.25, 0.3) is 0 Å². The maximum atomic E-state index is 2.53. The van der Waals surface area contributed by atoms with Crippen LogP contribution < -0.4 is 0 Å². The van der Waals surface area contributed by atoms with Crippen LogP contribution in [0, 0.1) is 5.92 Å². The Bertz CT molecular complexity index is 232. The van der Waals surface area contributed by atoms with E-state index in [4.69, 9.17) is 0 Å². The highest BCUT2D eigenvalue weighted by Crippen LogP contribution is 2.30. The largest absolute Gasteiger partial charge is 0.0779 e. The van der Waals surface area contributed by atoms with E-state index >= 15 is 0 Å². The van der Waals surface area contributed by atoms with Crippen LogP contribution in [0.2, 0.25) is 0 Å². The van der Waals surface area contributed by atoms with E-state index in [0.717, 1.165) is 5.92 Å². The van der Waals surface area contributed by atoms with E-state index in [1.807, 2.05) is 0 Å². The Morgan fingerprint density at radius 1 is 1.07 bits per heavy atom. The standard InChI is InChI=1S/C15H26/c1-4-7-13-10-14(8-5-2)12-15(11-13)9-6-3/h10-11,14H,4-9,12H2,1-3H3. The third-order valence-electron chi connectivity index (χ3n) is 3.13. The highest BCUT2D eigenvalue weighted by atomic mass is 14.2. The molecule has 0 bridgehead atoms. The molecule has 0 aromatic carbocycles. The van der Waals surface area contributed by atoms with Gasteiger partial charge < -0.3 is 0 Å². The molecule has 15 heavy (non-hydrogen) atoms. The molecule has 1 aliphatic rings. The van der Waals surface area contributed by atoms with Crippen LogP contribution in [0.5, 0.6) is 0 Å². The van der Waals surface area contributed by atoms with Gasteiger partial charge in [-0.3, -0.25) is 0 Å². The van der Waals surface area contributed by atoms with E-state index in [2.05, 4.69) is 32.9 Å². The van der Waals surface area contributed by atoms with Crippen molar-refractivity contribution in [3.8, 4) is 0 Å². The molecule has 0 nitrogen and oxygen atoms in total. The Morgan fingerprint density at radius 3 is 2.40 bits per heavy atom. The van der Waals surface area contributed by atoms with Crippen molar-refractivity contribution in [3.63, 3.8) is 0 Å². The van der Waals surface area contributed by atoms with Crippen molar-refractivity contribution in [3.05, 3.63) is 23.3 Å². The minimum atomic E-state index is 0.836. The van der Waals surface area contributed by atoms with Gasteiger partial charge >= 0.3 is 0 Å². The SMILES string of the molecule is CCCC1=CC(CCC)CC(CCC)=C1. The Hall–Kier alpha value is -0.520. The second kappa shape index (κ2) is 6.87. The second-order valence-electron chi connectivity index (χ2n) is 4.80. The summed E-state index contributed by atoms with van der Waals surface area (Å²) in [6, 6.07) is 0. The molecule has 0 radical (unpaired) electrons. The molecule has 0 heteroatoms. The van der Waals surface area contributed by atoms with Crippen LogP contribution in [0.15, 0.2) is 23.3 Å². The first-order valence-corrected chi connectivity index (χ1v) is 6.70. The molecule has 86 valence electrons. The van der Waals surface area contributed by atoms with E-state index in [9.17, 15) is 0 Å². The highest BCUT2D eigenvalue weighted by molar-refractivity contribution is 5.29. The number of hydrogen-bond donors (Lipinski definition) is 0. The molecule has 1 rings (SSSR count). The van der Waals surface area contributed by atoms with Gasteiger partial charge in [-0.25, -0.2) is 0 Å². The van der Waals surface area contributed by atoms with E-state index in [0.29, 0.717) is 0 Å². The van der Waals surface area contributed by atoms with Gasteiger partial charge in [-0.2, -0.15) is 0 Å². The van der Waals surface area contributed by atoms with Gasteiger partial charge in [-0.05, 0) is 31.6 Å². The normalized spacial score (nSPS) is 21.1. The fourth-order valence-corrected chi connectivity index (χ4v) is 2.56. The summed E-state index contributed by atoms with van der Waals surface area (Å²) in [7, 11) is 0. The summed E-state index contributed by atoms with van der Waals surface area (Å²) in [5.41, 5.74) is 3.30. The molecule has 0 heterocycles. The molecule has 1 atom stereocenters. The van der Waals surface area contributed by atoms with E-state index < -0.39 is 0 Å². The molecular formula is C15H26. The summed E-state index contributed by atoms with van der Waals surface area (Å²) in [6.45, 7) is 6.86. The van der Waals surface area contributed by atoms with Gasteiger partial charge in [0.15, 0.2) is 0 Å². The summed E-state index contributed by atoms with van der Waals surface area (Å²) in [4.78, 5) is 0. The number of hydrogen-bond acceptors (Lipinski definition) is 0. The van der Waals surface area contributed by atoms with Crippen LogP contribution in [0.3, 0.4) is 0 Å². The van der Waals surface area contributed by atoms with Crippen molar-refractivity contribution < 1.29 is 0 Å². The minimum Gasteiger partial charge on any atom is -0.0779 e. The average Bonchev–Trinajstić information content (AvgIpc) is 2.19. The van der Waals surface area contributed by atoms with Crippen LogP contribution in [0.1, 0.15) is 65.7 Å². The van der Waals surface area contributed by atoms with Gasteiger partial charge in [0.1, 0.15) is 0 Å². The fourth-order valence-electron chi connectivity index (χ4n) is 2.56. The van der Waals surface area contributed by atoms with Gasteiger partial charge in [0.25, 0.3) is 0 Å². The molecule has 0 aliphatic heterocycles. The zero-order chi connectivity index (χ0) is 11.1. The van der Waals surface area contributed by atoms with Gasteiger partial charge in [0, 0.05) is 0 Å². The van der Waals surface area contributed by atoms with E-state index in [1.165, 1.54) is 44.9 Å². The van der Waals surface area contributed by atoms with Crippen molar-refractivity contribution in [2.24, 2.45) is 5.92 Å². The average molecular weight is 206 g/mol. The van der Waals surface area contributed by atoms with E-state index in [-0.39, 0.29) is 0 Å². The molecule has 0 aromatic heterocycles. The van der Waals surface area contributed by atoms with Crippen molar-refractivity contribution in [1.82, 2.24) is 0 Å². The first-order chi connectivity index (χ1) is 7.30. The molecular weight excluding hydrogens is 180 g/mol. The second-order valence-corrected chi connectivity index (χ2v) is 4.80. The molecule has 0 fully saturated rings. The van der Waals surface area contributed by atoms with Crippen molar-refractivity contribution in [2.45, 2.75) is 65.7 Å². The number of allylic oxidation sites excluding steroid dienone is 4. The van der Waals surface area contributed by atoms with Crippen LogP contribution in [-0.4, -0.2) is 0 Å². The van der Waals surface area contributed by atoms with Crippen molar-refractivity contribution in [1.29, 1.82) is 0 Å². The summed E-state index contributed by atoms with van der Waals surface area (Å²) in [5, 5.41) is 0. The van der Waals surface area contributed by atoms with Gasteiger partial charge in [-0.1, -0.05) is 63.3 Å². The number of rotatable bonds is 6. The minimum absolute atomic E-state index is 0.836. The lowest BCUT2D eigenvalue weighted by atomic mass is 9.85. The topological polar surface area (TPSA) is 0 Å². The smallest absolute Gasteiger partial charge is 0.0190 e. The first kappa shape index (κ1) is 12.5. The lowest BCUT2D eigenvalue weighted by Crippen LogP contribution is -2.05. The van der Waals surface area contributed by atoms with Crippen LogP contribution in [0.4, 0.5) is 0 Å². The summed E-state index contributed by atoms with van der Waals surface area (Å²) >= 11 is 0. The summed E-state index contributed by atoms with van der Waals surface area (Å²) in [5.74, 6) is 0.836. The Labute approximate surface area is 95.5 Å². The zero-order valence-electron chi connectivity index (χ0n) is 10.7. The Morgan fingerprint density at radius 2 is 1.80 bits per heavy atom. The Kier molecular flexibility index (Phi) is 5.75. The third kappa shape index (κ3) is 4.24. The molecule has 1 unspecified atom stereocenters. The fraction of sp³-hybridized carbons (Fsp3) is 0.733. The summed E-state index contributed by atoms with van der Waals surface area (Å²) < 4.78 is 0. The molecule has 0 amide bonds. The lowest BCUT2D eigenvalue weighted by molar-refractivity contribution is 0.551. The van der Waals surface area contributed by atoms with Crippen LogP contribution in [-0.2, 0) is 0 Å². The maximum Gasteiger partial charge on any atom is -0.0190 e. The molecule has 0 aromatic rings.